The minimum Gasteiger partial charge on any atom is -0.358 e. The summed E-state index contributed by atoms with van der Waals surface area (Å²) in [6.45, 7) is 10.1. The van der Waals surface area contributed by atoms with Gasteiger partial charge in [0, 0.05) is 17.5 Å². The third-order valence-electron chi connectivity index (χ3n) is 3.13. The number of anilines is 1. The normalized spacial score (nSPS) is 18.9. The van der Waals surface area contributed by atoms with Gasteiger partial charge in [-0.2, -0.15) is 0 Å². The van der Waals surface area contributed by atoms with Gasteiger partial charge in [0.05, 0.1) is 5.69 Å². The number of hydrogen-bond donors (Lipinski definition) is 1. The third-order valence-corrected chi connectivity index (χ3v) is 4.13. The van der Waals surface area contributed by atoms with Gasteiger partial charge in [0.1, 0.15) is 0 Å². The lowest BCUT2D eigenvalue weighted by atomic mass is 10.3. The van der Waals surface area contributed by atoms with Crippen molar-refractivity contribution in [3.63, 3.8) is 0 Å². The molecule has 0 spiro atoms. The third kappa shape index (κ3) is 2.95. The topological polar surface area (TPSA) is 28.2 Å². The molecule has 1 saturated heterocycles. The van der Waals surface area contributed by atoms with Crippen molar-refractivity contribution in [2.24, 2.45) is 0 Å². The van der Waals surface area contributed by atoms with Gasteiger partial charge in [-0.05, 0) is 46.7 Å². The van der Waals surface area contributed by atoms with Gasteiger partial charge in [-0.15, -0.1) is 11.3 Å². The molecule has 1 aliphatic heterocycles. The van der Waals surface area contributed by atoms with Crippen LogP contribution in [0.25, 0.3) is 0 Å². The summed E-state index contributed by atoms with van der Waals surface area (Å²) in [5.74, 6) is 0. The van der Waals surface area contributed by atoms with E-state index in [1.165, 1.54) is 30.8 Å². The second-order valence-electron chi connectivity index (χ2n) is 4.71. The van der Waals surface area contributed by atoms with Crippen LogP contribution in [0.4, 0.5) is 5.13 Å². The maximum atomic E-state index is 4.51. The molecule has 90 valence electrons. The lowest BCUT2D eigenvalue weighted by molar-refractivity contribution is 0.328. The van der Waals surface area contributed by atoms with Gasteiger partial charge in [-0.1, -0.05) is 0 Å². The maximum absolute atomic E-state index is 4.51. The van der Waals surface area contributed by atoms with E-state index in [1.807, 2.05) is 0 Å². The number of aryl methyl sites for hydroxylation is 2. The van der Waals surface area contributed by atoms with Crippen LogP contribution in [0.2, 0.25) is 0 Å². The second kappa shape index (κ2) is 5.15. The highest BCUT2D eigenvalue weighted by Crippen LogP contribution is 2.22. The zero-order chi connectivity index (χ0) is 11.5. The van der Waals surface area contributed by atoms with Crippen LogP contribution < -0.4 is 5.32 Å². The van der Waals surface area contributed by atoms with Crippen LogP contribution >= 0.6 is 11.3 Å². The summed E-state index contributed by atoms with van der Waals surface area (Å²) in [6, 6.07) is 0.489. The number of rotatable bonds is 4. The van der Waals surface area contributed by atoms with Crippen LogP contribution in [0.3, 0.4) is 0 Å². The molecule has 0 amide bonds. The second-order valence-corrected chi connectivity index (χ2v) is 5.92. The molecule has 2 heterocycles. The zero-order valence-corrected chi connectivity index (χ0v) is 11.2. The van der Waals surface area contributed by atoms with Crippen LogP contribution in [-0.4, -0.2) is 35.6 Å². The zero-order valence-electron chi connectivity index (χ0n) is 10.4. The van der Waals surface area contributed by atoms with Crippen molar-refractivity contribution in [2.45, 2.75) is 39.7 Å². The van der Waals surface area contributed by atoms with Gasteiger partial charge in [0.25, 0.3) is 0 Å². The molecule has 1 unspecified atom stereocenters. The molecule has 2 rings (SSSR count). The molecule has 1 atom stereocenters. The van der Waals surface area contributed by atoms with Crippen LogP contribution in [0.1, 0.15) is 30.3 Å². The first-order chi connectivity index (χ1) is 7.65. The summed E-state index contributed by atoms with van der Waals surface area (Å²) < 4.78 is 0. The largest absolute Gasteiger partial charge is 0.358 e. The average Bonchev–Trinajstić information content (AvgIpc) is 2.78. The molecule has 0 aromatic carbocycles. The van der Waals surface area contributed by atoms with Crippen molar-refractivity contribution in [2.75, 3.05) is 25.0 Å². The fourth-order valence-electron chi connectivity index (χ4n) is 2.14. The molecule has 16 heavy (non-hydrogen) atoms. The van der Waals surface area contributed by atoms with Crippen molar-refractivity contribution in [3.8, 4) is 0 Å². The highest BCUT2D eigenvalue weighted by molar-refractivity contribution is 7.15. The van der Waals surface area contributed by atoms with Gasteiger partial charge in [0.2, 0.25) is 0 Å². The summed E-state index contributed by atoms with van der Waals surface area (Å²) in [5, 5.41) is 4.57. The van der Waals surface area contributed by atoms with E-state index >= 15 is 0 Å². The Labute approximate surface area is 102 Å². The van der Waals surface area contributed by atoms with Crippen LogP contribution in [0.15, 0.2) is 0 Å². The molecule has 1 N–H and O–H groups in total. The number of nitrogens with one attached hydrogen (secondary N) is 1. The van der Waals surface area contributed by atoms with Crippen LogP contribution in [-0.2, 0) is 0 Å². The molecule has 0 aliphatic carbocycles. The van der Waals surface area contributed by atoms with Crippen LogP contribution in [0.5, 0.6) is 0 Å². The fraction of sp³-hybridized carbons (Fsp3) is 0.750. The van der Waals surface area contributed by atoms with Gasteiger partial charge in [-0.3, -0.25) is 0 Å². The number of thiazole rings is 1. The molecule has 0 radical (unpaired) electrons. The number of hydrogen-bond acceptors (Lipinski definition) is 4. The first-order valence-corrected chi connectivity index (χ1v) is 6.89. The SMILES string of the molecule is Cc1nc(NC(C)CN2CCCC2)sc1C. The Morgan fingerprint density at radius 3 is 2.62 bits per heavy atom. The molecule has 1 aromatic heterocycles. The Kier molecular flexibility index (Phi) is 3.82. The number of aromatic nitrogens is 1. The molecule has 1 fully saturated rings. The van der Waals surface area contributed by atoms with Gasteiger partial charge < -0.3 is 10.2 Å². The van der Waals surface area contributed by atoms with Gasteiger partial charge in [0.15, 0.2) is 5.13 Å². The highest BCUT2D eigenvalue weighted by Gasteiger charge is 2.15. The molecule has 0 saturated carbocycles. The molecule has 1 aromatic rings. The van der Waals surface area contributed by atoms with Crippen molar-refractivity contribution in [1.29, 1.82) is 0 Å². The van der Waals surface area contributed by atoms with E-state index in [4.69, 9.17) is 0 Å². The summed E-state index contributed by atoms with van der Waals surface area (Å²) >= 11 is 1.76. The lowest BCUT2D eigenvalue weighted by Crippen LogP contribution is -2.32. The van der Waals surface area contributed by atoms with Crippen molar-refractivity contribution < 1.29 is 0 Å². The van der Waals surface area contributed by atoms with E-state index in [0.29, 0.717) is 6.04 Å². The van der Waals surface area contributed by atoms with Gasteiger partial charge in [-0.25, -0.2) is 4.98 Å². The summed E-state index contributed by atoms with van der Waals surface area (Å²) in [5.41, 5.74) is 1.15. The molecule has 3 nitrogen and oxygen atoms in total. The van der Waals surface area contributed by atoms with Crippen molar-refractivity contribution in [3.05, 3.63) is 10.6 Å². The minimum atomic E-state index is 0.489. The summed E-state index contributed by atoms with van der Waals surface area (Å²) in [7, 11) is 0. The Balaban J connectivity index is 1.84. The van der Waals surface area contributed by atoms with E-state index in [0.717, 1.165) is 17.4 Å². The standard InChI is InChI=1S/C12H21N3S/c1-9(8-15-6-4-5-7-15)13-12-14-10(2)11(3)16-12/h9H,4-8H2,1-3H3,(H,13,14). The van der Waals surface area contributed by atoms with Crippen molar-refractivity contribution in [1.82, 2.24) is 9.88 Å². The monoisotopic (exact) mass is 239 g/mol. The van der Waals surface area contributed by atoms with Crippen LogP contribution in [0, 0.1) is 13.8 Å². The molecule has 1 aliphatic rings. The summed E-state index contributed by atoms with van der Waals surface area (Å²) in [6.07, 6.45) is 2.73. The van der Waals surface area contributed by atoms with E-state index in [9.17, 15) is 0 Å². The van der Waals surface area contributed by atoms with E-state index in [2.05, 4.69) is 36.0 Å². The molecule has 0 bridgehead atoms. The Morgan fingerprint density at radius 1 is 1.38 bits per heavy atom. The fourth-order valence-corrected chi connectivity index (χ4v) is 3.07. The first-order valence-electron chi connectivity index (χ1n) is 6.08. The minimum absolute atomic E-state index is 0.489. The Morgan fingerprint density at radius 2 is 2.06 bits per heavy atom. The number of nitrogens with zero attached hydrogens (tertiary/aromatic N) is 2. The summed E-state index contributed by atoms with van der Waals surface area (Å²) in [4.78, 5) is 8.36. The smallest absolute Gasteiger partial charge is 0.183 e. The Hall–Kier alpha value is -0.610. The first kappa shape index (κ1) is 11.9. The average molecular weight is 239 g/mol. The maximum Gasteiger partial charge on any atom is 0.183 e. The lowest BCUT2D eigenvalue weighted by Gasteiger charge is -2.20. The predicted molar refractivity (Wildman–Crippen MR) is 70.3 cm³/mol. The van der Waals surface area contributed by atoms with Gasteiger partial charge >= 0.3 is 0 Å². The van der Waals surface area contributed by atoms with Crippen molar-refractivity contribution >= 4 is 16.5 Å². The molecular formula is C12H21N3S. The van der Waals surface area contributed by atoms with E-state index in [-0.39, 0.29) is 0 Å². The quantitative estimate of drug-likeness (QED) is 0.875. The Bertz CT molecular complexity index is 323. The highest BCUT2D eigenvalue weighted by atomic mass is 32.1. The number of likely N-dealkylation sites (tertiary alicyclic amines) is 1. The predicted octanol–water partition coefficient (Wildman–Crippen LogP) is 2.66. The van der Waals surface area contributed by atoms with E-state index < -0.39 is 0 Å². The molecular weight excluding hydrogens is 218 g/mol. The van der Waals surface area contributed by atoms with E-state index in [1.54, 1.807) is 11.3 Å². The molecule has 4 heteroatoms.